The molecule has 1 aliphatic rings. The fraction of sp³-hybridized carbons (Fsp3) is 0.278. The molecular weight excluding hydrogens is 409 g/mol. The summed E-state index contributed by atoms with van der Waals surface area (Å²) in [5, 5.41) is 6.52. The molecule has 1 aliphatic heterocycles. The first-order valence-electron chi connectivity index (χ1n) is 8.35. The summed E-state index contributed by atoms with van der Waals surface area (Å²) in [7, 11) is -3.80. The molecule has 1 unspecified atom stereocenters. The molecule has 0 saturated carbocycles. The van der Waals surface area contributed by atoms with Gasteiger partial charge < -0.3 is 10.6 Å². The van der Waals surface area contributed by atoms with Gasteiger partial charge in [0.1, 0.15) is 0 Å². The van der Waals surface area contributed by atoms with Crippen LogP contribution in [0.3, 0.4) is 0 Å². The van der Waals surface area contributed by atoms with Crippen LogP contribution in [0.1, 0.15) is 23.2 Å². The summed E-state index contributed by atoms with van der Waals surface area (Å²) in [4.78, 5) is 12.8. The molecule has 0 aromatic heterocycles. The summed E-state index contributed by atoms with van der Waals surface area (Å²) in [6.45, 7) is 1.63. The van der Waals surface area contributed by atoms with Crippen molar-refractivity contribution in [1.82, 2.24) is 10.6 Å². The van der Waals surface area contributed by atoms with Crippen molar-refractivity contribution in [2.24, 2.45) is 0 Å². The number of hydrogen-bond donors (Lipinski definition) is 3. The fourth-order valence-electron chi connectivity index (χ4n) is 2.83. The second-order valence-corrected chi connectivity index (χ2v) is 8.24. The Balaban J connectivity index is 0.00000261. The standard InChI is InChI=1S/C18H20ClN3O3S.ClH/c19-13-8-9-17(22-26(24,25)15-6-2-1-3-7-15)16(11-13)18(23)21-14-5-4-10-20-12-14;/h1-3,6-9,11,14,20,22H,4-5,10,12H2,(H,21,23);1H. The predicted molar refractivity (Wildman–Crippen MR) is 109 cm³/mol. The van der Waals surface area contributed by atoms with Gasteiger partial charge in [-0.05, 0) is 49.7 Å². The molecule has 1 atom stereocenters. The summed E-state index contributed by atoms with van der Waals surface area (Å²) in [6.07, 6.45) is 1.86. The molecule has 2 aromatic carbocycles. The quantitative estimate of drug-likeness (QED) is 0.681. The number of carbonyl (C=O) groups excluding carboxylic acids is 1. The molecule has 1 fully saturated rings. The third-order valence-electron chi connectivity index (χ3n) is 4.16. The molecular formula is C18H21Cl2N3O3S. The van der Waals surface area contributed by atoms with Gasteiger partial charge in [0.2, 0.25) is 0 Å². The average molecular weight is 430 g/mol. The molecule has 3 N–H and O–H groups in total. The van der Waals surface area contributed by atoms with Crippen LogP contribution in [0.25, 0.3) is 0 Å². The Morgan fingerprint density at radius 3 is 2.56 bits per heavy atom. The summed E-state index contributed by atoms with van der Waals surface area (Å²) >= 11 is 6.02. The summed E-state index contributed by atoms with van der Waals surface area (Å²) in [5.74, 6) is -0.355. The molecule has 0 radical (unpaired) electrons. The minimum atomic E-state index is -3.80. The van der Waals surface area contributed by atoms with E-state index in [4.69, 9.17) is 11.6 Å². The number of sulfonamides is 1. The van der Waals surface area contributed by atoms with Crippen LogP contribution in [-0.4, -0.2) is 33.5 Å². The zero-order valence-corrected chi connectivity index (χ0v) is 16.8. The van der Waals surface area contributed by atoms with Gasteiger partial charge in [-0.1, -0.05) is 29.8 Å². The number of nitrogens with one attached hydrogen (secondary N) is 3. The first-order chi connectivity index (χ1) is 12.5. The van der Waals surface area contributed by atoms with Gasteiger partial charge in [-0.2, -0.15) is 0 Å². The van der Waals surface area contributed by atoms with E-state index in [1.54, 1.807) is 24.3 Å². The smallest absolute Gasteiger partial charge is 0.261 e. The minimum Gasteiger partial charge on any atom is -0.348 e. The van der Waals surface area contributed by atoms with E-state index in [9.17, 15) is 13.2 Å². The molecule has 27 heavy (non-hydrogen) atoms. The molecule has 146 valence electrons. The van der Waals surface area contributed by atoms with E-state index in [-0.39, 0.29) is 40.5 Å². The second-order valence-electron chi connectivity index (χ2n) is 6.13. The topological polar surface area (TPSA) is 87.3 Å². The summed E-state index contributed by atoms with van der Waals surface area (Å²) in [6, 6.07) is 12.5. The van der Waals surface area contributed by atoms with Crippen molar-refractivity contribution in [3.63, 3.8) is 0 Å². The number of anilines is 1. The Kier molecular flexibility index (Phi) is 7.49. The van der Waals surface area contributed by atoms with Crippen LogP contribution >= 0.6 is 24.0 Å². The van der Waals surface area contributed by atoms with Gasteiger partial charge in [0.25, 0.3) is 15.9 Å². The number of rotatable bonds is 5. The highest BCUT2D eigenvalue weighted by atomic mass is 35.5. The normalized spacial score (nSPS) is 16.9. The Morgan fingerprint density at radius 2 is 1.89 bits per heavy atom. The number of halogens is 2. The molecule has 3 rings (SSSR count). The van der Waals surface area contributed by atoms with Gasteiger partial charge >= 0.3 is 0 Å². The molecule has 0 bridgehead atoms. The number of amides is 1. The van der Waals surface area contributed by atoms with E-state index in [0.29, 0.717) is 11.6 Å². The lowest BCUT2D eigenvalue weighted by atomic mass is 10.1. The second kappa shape index (κ2) is 9.41. The largest absolute Gasteiger partial charge is 0.348 e. The summed E-state index contributed by atoms with van der Waals surface area (Å²) < 4.78 is 27.6. The van der Waals surface area contributed by atoms with Crippen molar-refractivity contribution in [3.05, 3.63) is 59.1 Å². The molecule has 0 aliphatic carbocycles. The molecule has 1 amide bonds. The van der Waals surface area contributed by atoms with E-state index in [2.05, 4.69) is 15.4 Å². The first kappa shape index (κ1) is 21.5. The van der Waals surface area contributed by atoms with Gasteiger partial charge in [0.15, 0.2) is 0 Å². The predicted octanol–water partition coefficient (Wildman–Crippen LogP) is 3.04. The van der Waals surface area contributed by atoms with Gasteiger partial charge in [0, 0.05) is 17.6 Å². The van der Waals surface area contributed by atoms with Crippen molar-refractivity contribution in [3.8, 4) is 0 Å². The van der Waals surface area contributed by atoms with Gasteiger partial charge in [-0.25, -0.2) is 8.42 Å². The Bertz CT molecular complexity index is 886. The van der Waals surface area contributed by atoms with Gasteiger partial charge in [-0.15, -0.1) is 12.4 Å². The zero-order chi connectivity index (χ0) is 18.6. The number of benzene rings is 2. The summed E-state index contributed by atoms with van der Waals surface area (Å²) in [5.41, 5.74) is 0.391. The van der Waals surface area contributed by atoms with Gasteiger partial charge in [0.05, 0.1) is 16.1 Å². The highest BCUT2D eigenvalue weighted by Gasteiger charge is 2.21. The van der Waals surface area contributed by atoms with E-state index >= 15 is 0 Å². The monoisotopic (exact) mass is 429 g/mol. The molecule has 1 saturated heterocycles. The van der Waals surface area contributed by atoms with Gasteiger partial charge in [-0.3, -0.25) is 9.52 Å². The maximum atomic E-state index is 12.7. The van der Waals surface area contributed by atoms with Crippen LogP contribution in [0, 0.1) is 0 Å². The van der Waals surface area contributed by atoms with E-state index < -0.39 is 10.0 Å². The van der Waals surface area contributed by atoms with Crippen LogP contribution in [-0.2, 0) is 10.0 Å². The highest BCUT2D eigenvalue weighted by molar-refractivity contribution is 7.92. The number of piperidine rings is 1. The lowest BCUT2D eigenvalue weighted by Gasteiger charge is -2.24. The Hall–Kier alpha value is -1.80. The molecule has 9 heteroatoms. The average Bonchev–Trinajstić information content (AvgIpc) is 2.64. The zero-order valence-electron chi connectivity index (χ0n) is 14.4. The van der Waals surface area contributed by atoms with Crippen molar-refractivity contribution in [2.45, 2.75) is 23.8 Å². The Morgan fingerprint density at radius 1 is 1.15 bits per heavy atom. The van der Waals surface area contributed by atoms with Crippen LogP contribution in [0.15, 0.2) is 53.4 Å². The lowest BCUT2D eigenvalue weighted by molar-refractivity contribution is 0.0931. The fourth-order valence-corrected chi connectivity index (χ4v) is 4.11. The van der Waals surface area contributed by atoms with Crippen molar-refractivity contribution in [2.75, 3.05) is 17.8 Å². The minimum absolute atomic E-state index is 0. The molecule has 1 heterocycles. The van der Waals surface area contributed by atoms with Crippen LogP contribution < -0.4 is 15.4 Å². The van der Waals surface area contributed by atoms with E-state index in [1.807, 2.05) is 0 Å². The third kappa shape index (κ3) is 5.59. The maximum Gasteiger partial charge on any atom is 0.261 e. The Labute approximate surface area is 170 Å². The number of hydrogen-bond acceptors (Lipinski definition) is 4. The van der Waals surface area contributed by atoms with Crippen molar-refractivity contribution < 1.29 is 13.2 Å². The number of carbonyl (C=O) groups is 1. The highest BCUT2D eigenvalue weighted by Crippen LogP contribution is 2.24. The lowest BCUT2D eigenvalue weighted by Crippen LogP contribution is -2.45. The molecule has 6 nitrogen and oxygen atoms in total. The molecule has 2 aromatic rings. The van der Waals surface area contributed by atoms with Crippen LogP contribution in [0.4, 0.5) is 5.69 Å². The first-order valence-corrected chi connectivity index (χ1v) is 10.2. The van der Waals surface area contributed by atoms with Crippen LogP contribution in [0.2, 0.25) is 5.02 Å². The molecule has 0 spiro atoms. The third-order valence-corrected chi connectivity index (χ3v) is 5.77. The van der Waals surface area contributed by atoms with E-state index in [1.165, 1.54) is 24.3 Å². The van der Waals surface area contributed by atoms with Crippen LogP contribution in [0.5, 0.6) is 0 Å². The van der Waals surface area contributed by atoms with Crippen molar-refractivity contribution >= 4 is 45.6 Å². The van der Waals surface area contributed by atoms with Crippen molar-refractivity contribution in [1.29, 1.82) is 0 Å². The maximum absolute atomic E-state index is 12.7. The SMILES string of the molecule is Cl.O=C(NC1CCCNC1)c1cc(Cl)ccc1NS(=O)(=O)c1ccccc1. The van der Waals surface area contributed by atoms with E-state index in [0.717, 1.165) is 19.4 Å².